The molecule has 0 aromatic heterocycles. The summed E-state index contributed by atoms with van der Waals surface area (Å²) in [5, 5.41) is 3.19. The summed E-state index contributed by atoms with van der Waals surface area (Å²) in [7, 11) is -3.75. The molecule has 0 saturated carbocycles. The van der Waals surface area contributed by atoms with Crippen molar-refractivity contribution in [3.05, 3.63) is 59.7 Å². The van der Waals surface area contributed by atoms with Gasteiger partial charge in [0.05, 0.1) is 16.1 Å². The molecule has 1 aliphatic heterocycles. The summed E-state index contributed by atoms with van der Waals surface area (Å²) in [5.41, 5.74) is 1.64. The molecule has 0 aliphatic carbocycles. The number of para-hydroxylation sites is 1. The molecule has 8 heteroatoms. The molecule has 1 aliphatic rings. The Morgan fingerprint density at radius 2 is 1.65 bits per heavy atom. The molecule has 1 amide bonds. The van der Waals surface area contributed by atoms with Gasteiger partial charge in [-0.25, -0.2) is 8.42 Å². The summed E-state index contributed by atoms with van der Waals surface area (Å²) in [5.74, 6) is -0.163. The van der Waals surface area contributed by atoms with E-state index in [1.165, 1.54) is 0 Å². The molecule has 1 heterocycles. The van der Waals surface area contributed by atoms with Crippen LogP contribution in [-0.4, -0.2) is 45.4 Å². The van der Waals surface area contributed by atoms with Gasteiger partial charge in [0.15, 0.2) is 0 Å². The highest BCUT2D eigenvalue weighted by molar-refractivity contribution is 7.92. The number of nitrogens with zero attached hydrogens (tertiary/aromatic N) is 1. The van der Waals surface area contributed by atoms with E-state index in [1.807, 2.05) is 6.92 Å². The topological polar surface area (TPSA) is 78.5 Å². The fourth-order valence-electron chi connectivity index (χ4n) is 2.72. The second kappa shape index (κ2) is 8.53. The second-order valence-electron chi connectivity index (χ2n) is 6.01. The number of anilines is 1. The number of halogens is 1. The first kappa shape index (κ1) is 20.2. The maximum Gasteiger partial charge on any atom is 0.261 e. The Morgan fingerprint density at radius 3 is 2.31 bits per heavy atom. The molecule has 0 atom stereocenters. The van der Waals surface area contributed by atoms with Crippen LogP contribution in [-0.2, 0) is 10.0 Å². The fourth-order valence-corrected chi connectivity index (χ4v) is 3.80. The van der Waals surface area contributed by atoms with Crippen molar-refractivity contribution in [2.24, 2.45) is 0 Å². The lowest BCUT2D eigenvalue weighted by Gasteiger charge is -2.28. The largest absolute Gasteiger partial charge is 0.336 e. The van der Waals surface area contributed by atoms with Gasteiger partial charge >= 0.3 is 0 Å². The van der Waals surface area contributed by atoms with E-state index < -0.39 is 10.0 Å². The van der Waals surface area contributed by atoms with Crippen LogP contribution >= 0.6 is 12.4 Å². The lowest BCUT2D eigenvalue weighted by molar-refractivity contribution is 0.0737. The Balaban J connectivity index is 0.00000243. The van der Waals surface area contributed by atoms with Gasteiger partial charge in [-0.05, 0) is 31.2 Å². The lowest BCUT2D eigenvalue weighted by atomic mass is 10.1. The van der Waals surface area contributed by atoms with Crippen LogP contribution in [0, 0.1) is 6.92 Å². The van der Waals surface area contributed by atoms with Crippen LogP contribution in [0.3, 0.4) is 0 Å². The molecule has 2 aromatic rings. The number of carbonyl (C=O) groups is 1. The summed E-state index contributed by atoms with van der Waals surface area (Å²) in [6.45, 7) is 4.59. The number of hydrogen-bond donors (Lipinski definition) is 2. The molecule has 0 radical (unpaired) electrons. The van der Waals surface area contributed by atoms with Gasteiger partial charge in [-0.2, -0.15) is 0 Å². The zero-order valence-corrected chi connectivity index (χ0v) is 16.1. The highest BCUT2D eigenvalue weighted by Crippen LogP contribution is 2.22. The van der Waals surface area contributed by atoms with Crippen LogP contribution < -0.4 is 10.0 Å². The Bertz CT molecular complexity index is 864. The van der Waals surface area contributed by atoms with Gasteiger partial charge in [0.25, 0.3) is 15.9 Å². The maximum absolute atomic E-state index is 12.8. The summed E-state index contributed by atoms with van der Waals surface area (Å²) >= 11 is 0. The smallest absolute Gasteiger partial charge is 0.261 e. The van der Waals surface area contributed by atoms with E-state index >= 15 is 0 Å². The average Bonchev–Trinajstić information content (AvgIpc) is 2.62. The van der Waals surface area contributed by atoms with Crippen LogP contribution in [0.2, 0.25) is 0 Å². The lowest BCUT2D eigenvalue weighted by Crippen LogP contribution is -2.46. The number of carbonyl (C=O) groups excluding carboxylic acids is 1. The maximum atomic E-state index is 12.8. The van der Waals surface area contributed by atoms with Gasteiger partial charge in [-0.3, -0.25) is 9.52 Å². The quantitative estimate of drug-likeness (QED) is 0.832. The minimum Gasteiger partial charge on any atom is -0.336 e. The third-order valence-electron chi connectivity index (χ3n) is 4.14. The van der Waals surface area contributed by atoms with E-state index in [0.717, 1.165) is 18.7 Å². The fraction of sp³-hybridized carbons (Fsp3) is 0.278. The van der Waals surface area contributed by atoms with Gasteiger partial charge in [0.2, 0.25) is 0 Å². The Labute approximate surface area is 160 Å². The van der Waals surface area contributed by atoms with Crippen molar-refractivity contribution in [3.8, 4) is 0 Å². The molecular weight excluding hydrogens is 374 g/mol. The highest BCUT2D eigenvalue weighted by Gasteiger charge is 2.23. The summed E-state index contributed by atoms with van der Waals surface area (Å²) in [6, 6.07) is 13.3. The van der Waals surface area contributed by atoms with Crippen molar-refractivity contribution < 1.29 is 13.2 Å². The third kappa shape index (κ3) is 4.55. The molecule has 0 spiro atoms. The van der Waals surface area contributed by atoms with Gasteiger partial charge < -0.3 is 10.2 Å². The van der Waals surface area contributed by atoms with Gasteiger partial charge in [-0.1, -0.05) is 29.8 Å². The van der Waals surface area contributed by atoms with E-state index in [2.05, 4.69) is 10.0 Å². The van der Waals surface area contributed by atoms with Crippen LogP contribution in [0.5, 0.6) is 0 Å². The van der Waals surface area contributed by atoms with Gasteiger partial charge in [0.1, 0.15) is 0 Å². The van der Waals surface area contributed by atoms with E-state index in [4.69, 9.17) is 0 Å². The minimum atomic E-state index is -3.75. The highest BCUT2D eigenvalue weighted by atomic mass is 35.5. The molecule has 0 bridgehead atoms. The van der Waals surface area contributed by atoms with Crippen molar-refractivity contribution in [2.75, 3.05) is 30.9 Å². The molecule has 0 unspecified atom stereocenters. The number of nitrogens with one attached hydrogen (secondary N) is 2. The Hall–Kier alpha value is -2.09. The molecule has 1 fully saturated rings. The van der Waals surface area contributed by atoms with E-state index in [-0.39, 0.29) is 23.2 Å². The Kier molecular flexibility index (Phi) is 6.63. The summed E-state index contributed by atoms with van der Waals surface area (Å²) < 4.78 is 27.8. The molecule has 2 N–H and O–H groups in total. The summed E-state index contributed by atoms with van der Waals surface area (Å²) in [6.07, 6.45) is 0. The van der Waals surface area contributed by atoms with E-state index in [0.29, 0.717) is 24.3 Å². The monoisotopic (exact) mass is 395 g/mol. The number of benzene rings is 2. The summed E-state index contributed by atoms with van der Waals surface area (Å²) in [4.78, 5) is 14.7. The number of rotatable bonds is 4. The molecule has 140 valence electrons. The van der Waals surface area contributed by atoms with Crippen molar-refractivity contribution in [3.63, 3.8) is 0 Å². The molecule has 26 heavy (non-hydrogen) atoms. The van der Waals surface area contributed by atoms with Crippen molar-refractivity contribution in [1.82, 2.24) is 10.2 Å². The number of piperazine rings is 1. The first-order valence-corrected chi connectivity index (χ1v) is 9.64. The SMILES string of the molecule is Cc1ccc(S(=O)(=O)Nc2ccccc2C(=O)N2CCNCC2)cc1.Cl. The van der Waals surface area contributed by atoms with Gasteiger partial charge in [-0.15, -0.1) is 12.4 Å². The molecule has 2 aromatic carbocycles. The van der Waals surface area contributed by atoms with Crippen molar-refractivity contribution >= 4 is 34.0 Å². The Morgan fingerprint density at radius 1 is 1.04 bits per heavy atom. The normalized spacial score (nSPS) is 14.4. The predicted molar refractivity (Wildman–Crippen MR) is 104 cm³/mol. The van der Waals surface area contributed by atoms with Crippen molar-refractivity contribution in [1.29, 1.82) is 0 Å². The zero-order valence-electron chi connectivity index (χ0n) is 14.4. The second-order valence-corrected chi connectivity index (χ2v) is 7.69. The minimum absolute atomic E-state index is 0. The molecule has 1 saturated heterocycles. The van der Waals surface area contributed by atoms with Crippen LogP contribution in [0.15, 0.2) is 53.4 Å². The molecular formula is C18H22ClN3O3S. The third-order valence-corrected chi connectivity index (χ3v) is 5.52. The van der Waals surface area contributed by atoms with Crippen LogP contribution in [0.25, 0.3) is 0 Å². The predicted octanol–water partition coefficient (Wildman–Crippen LogP) is 2.26. The average molecular weight is 396 g/mol. The van der Waals surface area contributed by atoms with Crippen molar-refractivity contribution in [2.45, 2.75) is 11.8 Å². The van der Waals surface area contributed by atoms with Crippen LogP contribution in [0.4, 0.5) is 5.69 Å². The molecule has 3 rings (SSSR count). The zero-order chi connectivity index (χ0) is 17.9. The van der Waals surface area contributed by atoms with E-state index in [9.17, 15) is 13.2 Å². The number of hydrogen-bond acceptors (Lipinski definition) is 4. The number of amides is 1. The van der Waals surface area contributed by atoms with Gasteiger partial charge in [0, 0.05) is 26.2 Å². The first-order valence-electron chi connectivity index (χ1n) is 8.16. The number of sulfonamides is 1. The standard InChI is InChI=1S/C18H21N3O3S.ClH/c1-14-6-8-15(9-7-14)25(23,24)20-17-5-3-2-4-16(17)18(22)21-12-10-19-11-13-21;/h2-9,19-20H,10-13H2,1H3;1H. The van der Waals surface area contributed by atoms with E-state index in [1.54, 1.807) is 53.4 Å². The molecule has 6 nitrogen and oxygen atoms in total. The van der Waals surface area contributed by atoms with Crippen LogP contribution in [0.1, 0.15) is 15.9 Å². The number of aryl methyl sites for hydroxylation is 1. The first-order chi connectivity index (χ1) is 12.0.